The number of aliphatic carboxylic acids is 1. The second kappa shape index (κ2) is 4.58. The Balaban J connectivity index is 2.74. The van der Waals surface area contributed by atoms with Gasteiger partial charge in [-0.1, -0.05) is 52.0 Å². The maximum Gasteiger partial charge on any atom is 0.304 e. The third kappa shape index (κ3) is 1.72. The van der Waals surface area contributed by atoms with Crippen LogP contribution in [0.15, 0.2) is 28.8 Å². The molecule has 5 heteroatoms. The van der Waals surface area contributed by atoms with Crippen LogP contribution < -0.4 is 0 Å². The van der Waals surface area contributed by atoms with E-state index in [9.17, 15) is 14.8 Å². The minimum Gasteiger partial charge on any atom is -0.481 e. The van der Waals surface area contributed by atoms with Crippen molar-refractivity contribution >= 4 is 17.9 Å². The van der Waals surface area contributed by atoms with Crippen molar-refractivity contribution in [2.75, 3.05) is 0 Å². The summed E-state index contributed by atoms with van der Waals surface area (Å²) in [7, 11) is 0. The third-order valence-electron chi connectivity index (χ3n) is 4.89. The molecule has 0 fully saturated rings. The molecule has 0 spiro atoms. The van der Waals surface area contributed by atoms with Gasteiger partial charge in [0, 0.05) is 27.4 Å². The first kappa shape index (κ1) is 15.0. The van der Waals surface area contributed by atoms with Gasteiger partial charge in [0.25, 0.3) is 0 Å². The molecule has 1 N–H and O–H groups in total. The number of benzene rings is 1. The number of hydrogen-bond donors (Lipinski definition) is 1. The van der Waals surface area contributed by atoms with Crippen LogP contribution in [0.3, 0.4) is 0 Å². The minimum absolute atomic E-state index is 0.0991. The maximum absolute atomic E-state index is 11.4. The van der Waals surface area contributed by atoms with E-state index in [0.717, 1.165) is 23.1 Å². The smallest absolute Gasteiger partial charge is 0.304 e. The Morgan fingerprint density at radius 1 is 1.15 bits per heavy atom. The Bertz CT molecular complexity index is 531. The molecule has 108 valence electrons. The number of carbonyl (C=O) groups is 1. The highest BCUT2D eigenvalue weighted by Crippen LogP contribution is 2.64. The molecule has 0 amide bonds. The van der Waals surface area contributed by atoms with E-state index in [4.69, 9.17) is 0 Å². The highest BCUT2D eigenvalue weighted by molar-refractivity contribution is 7.99. The molecule has 0 aliphatic heterocycles. The Labute approximate surface area is 123 Å². The summed E-state index contributed by atoms with van der Waals surface area (Å²) in [4.78, 5) is 22.4. The van der Waals surface area contributed by atoms with Gasteiger partial charge >= 0.3 is 5.97 Å². The molecule has 2 rings (SSSR count). The topological polar surface area (TPSA) is 66.7 Å². The fourth-order valence-electron chi connectivity index (χ4n) is 3.77. The molecule has 20 heavy (non-hydrogen) atoms. The van der Waals surface area contributed by atoms with Crippen LogP contribution in [-0.4, -0.2) is 15.8 Å². The highest BCUT2D eigenvalue weighted by Gasteiger charge is 2.64. The average Bonchev–Trinajstić information content (AvgIpc) is 2.48. The van der Waals surface area contributed by atoms with Crippen LogP contribution >= 0.6 is 11.9 Å². The van der Waals surface area contributed by atoms with Gasteiger partial charge in [0.05, 0.1) is 11.2 Å². The van der Waals surface area contributed by atoms with Crippen LogP contribution in [0.4, 0.5) is 0 Å². The van der Waals surface area contributed by atoms with Gasteiger partial charge in [-0.05, 0) is 11.1 Å². The summed E-state index contributed by atoms with van der Waals surface area (Å²) < 4.78 is 2.23. The van der Waals surface area contributed by atoms with E-state index in [2.05, 4.69) is 4.58 Å². The zero-order valence-corrected chi connectivity index (χ0v) is 13.0. The first-order chi connectivity index (χ1) is 9.20. The number of carboxylic acids is 1. The lowest BCUT2D eigenvalue weighted by Crippen LogP contribution is -2.52. The zero-order chi connectivity index (χ0) is 15.2. The standard InChI is InChI=1S/C15H19NO3S/c1-13(2)10-7-5-6-8-11(10)14(3,4)15(13,20-16-19)9-12(17)18/h5-8H,9H2,1-4H3,(H,17,18). The van der Waals surface area contributed by atoms with E-state index in [-0.39, 0.29) is 6.42 Å². The van der Waals surface area contributed by atoms with Gasteiger partial charge in [-0.15, -0.1) is 4.91 Å². The van der Waals surface area contributed by atoms with Crippen molar-refractivity contribution in [1.29, 1.82) is 0 Å². The van der Waals surface area contributed by atoms with E-state index in [0.29, 0.717) is 0 Å². The second-order valence-electron chi connectivity index (χ2n) is 6.36. The normalized spacial score (nSPS) is 21.2. The zero-order valence-electron chi connectivity index (χ0n) is 12.1. The largest absolute Gasteiger partial charge is 0.481 e. The lowest BCUT2D eigenvalue weighted by Gasteiger charge is -2.46. The number of nitroso groups, excluding NO2 is 1. The maximum atomic E-state index is 11.4. The molecule has 0 unspecified atom stereocenters. The molecule has 1 aromatic rings. The average molecular weight is 293 g/mol. The Morgan fingerprint density at radius 3 is 1.95 bits per heavy atom. The predicted molar refractivity (Wildman–Crippen MR) is 80.9 cm³/mol. The number of hydrogen-bond acceptors (Lipinski definition) is 4. The van der Waals surface area contributed by atoms with E-state index in [1.165, 1.54) is 0 Å². The van der Waals surface area contributed by atoms with Gasteiger partial charge < -0.3 is 5.11 Å². The Hall–Kier alpha value is -1.36. The number of carboxylic acid groups (broad SMARTS) is 1. The highest BCUT2D eigenvalue weighted by atomic mass is 32.2. The third-order valence-corrected chi connectivity index (χ3v) is 6.44. The molecule has 0 bridgehead atoms. The van der Waals surface area contributed by atoms with Gasteiger partial charge in [-0.2, -0.15) is 0 Å². The monoisotopic (exact) mass is 293 g/mol. The van der Waals surface area contributed by atoms with Crippen LogP contribution in [0.1, 0.15) is 45.2 Å². The van der Waals surface area contributed by atoms with Crippen molar-refractivity contribution in [2.45, 2.75) is 49.7 Å². The van der Waals surface area contributed by atoms with Gasteiger partial charge in [0.1, 0.15) is 0 Å². The molecule has 0 heterocycles. The summed E-state index contributed by atoms with van der Waals surface area (Å²) in [5.41, 5.74) is 1.29. The first-order valence-corrected chi connectivity index (χ1v) is 7.30. The number of fused-ring (bicyclic) bond motifs is 1. The summed E-state index contributed by atoms with van der Waals surface area (Å²) in [6.45, 7) is 8.01. The van der Waals surface area contributed by atoms with Crippen LogP contribution in [0.5, 0.6) is 0 Å². The summed E-state index contributed by atoms with van der Waals surface area (Å²) in [6, 6.07) is 7.94. The molecule has 1 aliphatic carbocycles. The Kier molecular flexibility index (Phi) is 3.45. The van der Waals surface area contributed by atoms with Gasteiger partial charge in [0.2, 0.25) is 0 Å². The molecule has 1 aromatic carbocycles. The van der Waals surface area contributed by atoms with Gasteiger partial charge in [-0.3, -0.25) is 4.79 Å². The lowest BCUT2D eigenvalue weighted by molar-refractivity contribution is -0.138. The number of nitrogens with zero attached hydrogens (tertiary/aromatic N) is 1. The first-order valence-electron chi connectivity index (χ1n) is 6.53. The van der Waals surface area contributed by atoms with E-state index < -0.39 is 21.5 Å². The predicted octanol–water partition coefficient (Wildman–Crippen LogP) is 3.88. The SMILES string of the molecule is CC1(C)c2ccccc2C(C)(C)C1(CC(=O)O)SN=O. The van der Waals surface area contributed by atoms with Crippen molar-refractivity contribution in [3.63, 3.8) is 0 Å². The van der Waals surface area contributed by atoms with Crippen LogP contribution in [-0.2, 0) is 15.6 Å². The molecule has 0 atom stereocenters. The van der Waals surface area contributed by atoms with Gasteiger partial charge in [-0.25, -0.2) is 0 Å². The minimum atomic E-state index is -0.907. The summed E-state index contributed by atoms with van der Waals surface area (Å²) in [5.74, 6) is -0.907. The summed E-state index contributed by atoms with van der Waals surface area (Å²) >= 11 is 0.874. The summed E-state index contributed by atoms with van der Waals surface area (Å²) in [6.07, 6.45) is -0.0991. The fraction of sp³-hybridized carbons (Fsp3) is 0.533. The van der Waals surface area contributed by atoms with Crippen molar-refractivity contribution in [2.24, 2.45) is 4.58 Å². The molecule has 0 saturated heterocycles. The summed E-state index contributed by atoms with van der Waals surface area (Å²) in [5, 5.41) is 9.35. The van der Waals surface area contributed by atoms with E-state index in [1.807, 2.05) is 52.0 Å². The van der Waals surface area contributed by atoms with E-state index >= 15 is 0 Å². The molecule has 0 radical (unpaired) electrons. The quantitative estimate of drug-likeness (QED) is 0.675. The molecule has 1 aliphatic rings. The van der Waals surface area contributed by atoms with Crippen molar-refractivity contribution < 1.29 is 9.90 Å². The van der Waals surface area contributed by atoms with Crippen molar-refractivity contribution in [3.05, 3.63) is 40.3 Å². The Morgan fingerprint density at radius 2 is 1.60 bits per heavy atom. The fourth-order valence-corrected chi connectivity index (χ4v) is 4.76. The molecule has 0 saturated carbocycles. The van der Waals surface area contributed by atoms with Crippen LogP contribution in [0.25, 0.3) is 0 Å². The van der Waals surface area contributed by atoms with Crippen molar-refractivity contribution in [1.82, 2.24) is 0 Å². The molecule has 4 nitrogen and oxygen atoms in total. The van der Waals surface area contributed by atoms with Crippen molar-refractivity contribution in [3.8, 4) is 0 Å². The van der Waals surface area contributed by atoms with Crippen LogP contribution in [0, 0.1) is 4.91 Å². The van der Waals surface area contributed by atoms with E-state index in [1.54, 1.807) is 0 Å². The molecular weight excluding hydrogens is 274 g/mol. The molecular formula is C15H19NO3S. The van der Waals surface area contributed by atoms with Gasteiger partial charge in [0.15, 0.2) is 0 Å². The second-order valence-corrected chi connectivity index (χ2v) is 7.39. The lowest BCUT2D eigenvalue weighted by atomic mass is 9.67. The number of rotatable bonds is 4. The molecule has 0 aromatic heterocycles. The van der Waals surface area contributed by atoms with Crippen LogP contribution in [0.2, 0.25) is 0 Å².